The van der Waals surface area contributed by atoms with Crippen LogP contribution in [0.4, 0.5) is 0 Å². The average molecular weight is 313 g/mol. The normalized spacial score (nSPS) is 14.1. The lowest BCUT2D eigenvalue weighted by molar-refractivity contribution is -0.923. The molecule has 0 spiro atoms. The van der Waals surface area contributed by atoms with Crippen LogP contribution in [0.2, 0.25) is 0 Å². The Morgan fingerprint density at radius 2 is 1.38 bits per heavy atom. The van der Waals surface area contributed by atoms with Gasteiger partial charge in [-0.3, -0.25) is 0 Å². The highest BCUT2D eigenvalue weighted by Crippen LogP contribution is 2.48. The van der Waals surface area contributed by atoms with E-state index in [2.05, 4.69) is 48.1 Å². The van der Waals surface area contributed by atoms with Gasteiger partial charge in [-0.05, 0) is 73.1 Å². The van der Waals surface area contributed by atoms with E-state index in [9.17, 15) is 0 Å². The van der Waals surface area contributed by atoms with E-state index in [-0.39, 0.29) is 0 Å². The topological polar surface area (TPSA) is 0 Å². The maximum atomic E-state index is 3.79. The maximum Gasteiger partial charge on any atom is 0.0786 e. The van der Waals surface area contributed by atoms with Crippen molar-refractivity contribution in [3.63, 3.8) is 0 Å². The van der Waals surface area contributed by atoms with Gasteiger partial charge in [0.15, 0.2) is 0 Å². The molecule has 0 saturated heterocycles. The summed E-state index contributed by atoms with van der Waals surface area (Å²) in [6.07, 6.45) is 8.89. The predicted molar refractivity (Wildman–Crippen MR) is 83.8 cm³/mol. The molecule has 0 radical (unpaired) electrons. The molecule has 0 aromatic heterocycles. The lowest BCUT2D eigenvalue weighted by Crippen LogP contribution is -2.48. The summed E-state index contributed by atoms with van der Waals surface area (Å²) in [6, 6.07) is 0. The van der Waals surface area contributed by atoms with Gasteiger partial charge in [-0.15, -0.1) is 0 Å². The highest BCUT2D eigenvalue weighted by molar-refractivity contribution is 9.58. The number of nitrogens with zero attached hydrogens (tertiary/aromatic N) is 1. The van der Waals surface area contributed by atoms with Crippen LogP contribution in [0.1, 0.15) is 40.0 Å². The smallest absolute Gasteiger partial charge is 0.0786 e. The third-order valence-electron chi connectivity index (χ3n) is 3.77. The van der Waals surface area contributed by atoms with E-state index < -0.39 is 8.46 Å². The van der Waals surface area contributed by atoms with Gasteiger partial charge in [0.2, 0.25) is 0 Å². The molecule has 0 aliphatic rings. The molecule has 0 aromatic carbocycles. The van der Waals surface area contributed by atoms with E-state index in [0.717, 1.165) is 0 Å². The Morgan fingerprint density at radius 3 is 1.75 bits per heavy atom. The van der Waals surface area contributed by atoms with E-state index in [1.54, 1.807) is 0 Å². The molecule has 0 fully saturated rings. The first-order valence-corrected chi connectivity index (χ1v) is 11.1. The van der Waals surface area contributed by atoms with Crippen LogP contribution in [0.25, 0.3) is 0 Å². The number of halogens is 1. The van der Waals surface area contributed by atoms with Crippen LogP contribution in [-0.4, -0.2) is 48.9 Å². The summed E-state index contributed by atoms with van der Waals surface area (Å²) < 4.78 is 1.31. The van der Waals surface area contributed by atoms with Crippen LogP contribution < -0.4 is 0 Å². The Labute approximate surface area is 112 Å². The van der Waals surface area contributed by atoms with Crippen molar-refractivity contribution in [3.8, 4) is 0 Å². The van der Waals surface area contributed by atoms with Gasteiger partial charge in [0.05, 0.1) is 26.2 Å². The molecule has 1 nitrogen and oxygen atoms in total. The van der Waals surface area contributed by atoms with Gasteiger partial charge in [0, 0.05) is 0 Å². The summed E-state index contributed by atoms with van der Waals surface area (Å²) >= 11 is 3.79. The van der Waals surface area contributed by atoms with Gasteiger partial charge in [0.25, 0.3) is 0 Å². The molecule has 100 valence electrons. The van der Waals surface area contributed by atoms with Gasteiger partial charge in [-0.2, -0.15) is 8.46 Å². The van der Waals surface area contributed by atoms with Crippen molar-refractivity contribution in [1.29, 1.82) is 0 Å². The van der Waals surface area contributed by atoms with Crippen molar-refractivity contribution < 1.29 is 4.48 Å². The highest BCUT2D eigenvalue weighted by atomic mass is 79.9. The quantitative estimate of drug-likeness (QED) is 0.437. The third-order valence-corrected chi connectivity index (χ3v) is 6.01. The molecule has 0 aliphatic heterocycles. The highest BCUT2D eigenvalue weighted by Gasteiger charge is 2.19. The third kappa shape index (κ3) is 7.18. The molecule has 0 unspecified atom stereocenters. The zero-order valence-corrected chi connectivity index (χ0v) is 14.3. The number of hydrogen-bond donors (Lipinski definition) is 0. The van der Waals surface area contributed by atoms with Crippen molar-refractivity contribution in [2.24, 2.45) is 0 Å². The van der Waals surface area contributed by atoms with E-state index in [4.69, 9.17) is 0 Å². The van der Waals surface area contributed by atoms with Crippen LogP contribution in [-0.2, 0) is 0 Å². The molecule has 0 atom stereocenters. The molecular formula is C13H31BrNS+. The Morgan fingerprint density at radius 1 is 0.875 bits per heavy atom. The minimum absolute atomic E-state index is 0.449. The summed E-state index contributed by atoms with van der Waals surface area (Å²) in [4.78, 5) is 0. The van der Waals surface area contributed by atoms with Crippen LogP contribution in [0.15, 0.2) is 0 Å². The molecule has 0 aromatic rings. The van der Waals surface area contributed by atoms with Crippen molar-refractivity contribution in [3.05, 3.63) is 0 Å². The Balaban J connectivity index is 3.71. The monoisotopic (exact) mass is 312 g/mol. The standard InChI is InChI=1S/C13H31BrNS/c1-6-15(7-2,8-3)12-10-9-11-13-16(4,5)14/h6-13H2,1-5H3/q+1. The summed E-state index contributed by atoms with van der Waals surface area (Å²) in [5, 5.41) is 0. The number of hydrogen-bond acceptors (Lipinski definition) is 0. The van der Waals surface area contributed by atoms with E-state index in [1.165, 1.54) is 55.7 Å². The first-order valence-electron chi connectivity index (χ1n) is 6.65. The molecule has 0 rings (SSSR count). The molecule has 0 amide bonds. The maximum absolute atomic E-state index is 3.79. The zero-order valence-electron chi connectivity index (χ0n) is 11.9. The average Bonchev–Trinajstić information content (AvgIpc) is 2.23. The Kier molecular flexibility index (Phi) is 8.39. The number of quaternary nitrogens is 1. The van der Waals surface area contributed by atoms with Crippen molar-refractivity contribution in [1.82, 2.24) is 0 Å². The molecule has 0 aliphatic carbocycles. The van der Waals surface area contributed by atoms with Gasteiger partial charge in [0.1, 0.15) is 0 Å². The van der Waals surface area contributed by atoms with Crippen LogP contribution in [0.3, 0.4) is 0 Å². The van der Waals surface area contributed by atoms with Crippen LogP contribution >= 0.6 is 23.3 Å². The second-order valence-corrected chi connectivity index (χ2v) is 13.7. The SMILES string of the molecule is CC[N+](CC)(CC)CCCCCS(C)(C)Br. The van der Waals surface area contributed by atoms with Gasteiger partial charge < -0.3 is 4.48 Å². The first-order chi connectivity index (χ1) is 7.39. The summed E-state index contributed by atoms with van der Waals surface area (Å²) in [5.74, 6) is 1.37. The van der Waals surface area contributed by atoms with E-state index in [0.29, 0.717) is 0 Å². The fourth-order valence-electron chi connectivity index (χ4n) is 2.21. The van der Waals surface area contributed by atoms with Crippen molar-refractivity contribution in [2.75, 3.05) is 44.4 Å². The fraction of sp³-hybridized carbons (Fsp3) is 1.00. The second kappa shape index (κ2) is 7.99. The molecule has 3 heteroatoms. The largest absolute Gasteiger partial charge is 0.324 e. The minimum atomic E-state index is -0.449. The summed E-state index contributed by atoms with van der Waals surface area (Å²) in [7, 11) is -0.449. The number of rotatable bonds is 9. The molecule has 0 saturated carbocycles. The summed E-state index contributed by atoms with van der Waals surface area (Å²) in [6.45, 7) is 12.3. The fourth-order valence-corrected chi connectivity index (χ4v) is 3.79. The minimum Gasteiger partial charge on any atom is -0.324 e. The van der Waals surface area contributed by atoms with E-state index >= 15 is 0 Å². The Bertz CT molecular complexity index is 165. The molecule has 16 heavy (non-hydrogen) atoms. The molecule has 0 heterocycles. The van der Waals surface area contributed by atoms with Crippen LogP contribution in [0, 0.1) is 0 Å². The molecular weight excluding hydrogens is 282 g/mol. The van der Waals surface area contributed by atoms with Gasteiger partial charge in [-0.25, -0.2) is 0 Å². The Hall–Kier alpha value is 0.790. The summed E-state index contributed by atoms with van der Waals surface area (Å²) in [5.41, 5.74) is 0. The zero-order chi connectivity index (χ0) is 12.7. The lowest BCUT2D eigenvalue weighted by atomic mass is 10.2. The molecule has 0 bridgehead atoms. The number of unbranched alkanes of at least 4 members (excludes halogenated alkanes) is 2. The lowest BCUT2D eigenvalue weighted by Gasteiger charge is -2.36. The van der Waals surface area contributed by atoms with Crippen molar-refractivity contribution >= 4 is 23.3 Å². The first kappa shape index (κ1) is 16.8. The van der Waals surface area contributed by atoms with Gasteiger partial charge >= 0.3 is 0 Å². The van der Waals surface area contributed by atoms with Crippen LogP contribution in [0.5, 0.6) is 0 Å². The van der Waals surface area contributed by atoms with Gasteiger partial charge in [-0.1, -0.05) is 0 Å². The van der Waals surface area contributed by atoms with Crippen molar-refractivity contribution in [2.45, 2.75) is 40.0 Å². The molecule has 0 N–H and O–H groups in total. The second-order valence-electron chi connectivity index (χ2n) is 5.18. The predicted octanol–water partition coefficient (Wildman–Crippen LogP) is 4.41. The van der Waals surface area contributed by atoms with E-state index in [1.807, 2.05) is 0 Å².